The molecule has 0 unspecified atom stereocenters. The molecule has 2 aromatic rings. The number of ether oxygens (including phenoxy) is 1. The third-order valence-electron chi connectivity index (χ3n) is 3.30. The molecule has 0 saturated heterocycles. The van der Waals surface area contributed by atoms with Gasteiger partial charge >= 0.3 is 0 Å². The van der Waals surface area contributed by atoms with Crippen LogP contribution in [-0.4, -0.2) is 28.9 Å². The van der Waals surface area contributed by atoms with Gasteiger partial charge in [-0.05, 0) is 12.1 Å². The molecule has 2 heterocycles. The maximum Gasteiger partial charge on any atom is 0.270 e. The van der Waals surface area contributed by atoms with E-state index in [4.69, 9.17) is 4.74 Å². The summed E-state index contributed by atoms with van der Waals surface area (Å²) in [5.41, 5.74) is -1.00. The van der Waals surface area contributed by atoms with Gasteiger partial charge in [-0.15, -0.1) is 11.3 Å². The first-order valence-corrected chi connectivity index (χ1v) is 7.19. The average molecular weight is 324 g/mol. The lowest BCUT2D eigenvalue weighted by Gasteiger charge is -2.32. The second-order valence-electron chi connectivity index (χ2n) is 4.77. The number of alkyl halides is 2. The Labute approximate surface area is 128 Å². The molecule has 0 N–H and O–H groups in total. The number of nitro benzene ring substituents is 1. The molecule has 0 saturated carbocycles. The van der Waals surface area contributed by atoms with Crippen LogP contribution in [0.4, 0.5) is 14.5 Å². The molecule has 1 aromatic carbocycles. The minimum absolute atomic E-state index is 0.127. The van der Waals surface area contributed by atoms with Crippen molar-refractivity contribution in [2.75, 3.05) is 13.3 Å². The quantitative estimate of drug-likeness (QED) is 0.637. The van der Waals surface area contributed by atoms with Crippen molar-refractivity contribution in [2.45, 2.75) is 5.60 Å². The molecule has 0 spiro atoms. The van der Waals surface area contributed by atoms with Crippen LogP contribution < -0.4 is 4.74 Å². The molecule has 8 heteroatoms. The predicted octanol–water partition coefficient (Wildman–Crippen LogP) is 3.55. The van der Waals surface area contributed by atoms with Gasteiger partial charge in [-0.3, -0.25) is 10.1 Å². The Bertz CT molecular complexity index is 743. The summed E-state index contributed by atoms with van der Waals surface area (Å²) in [6, 6.07) is 3.92. The normalized spacial score (nSPS) is 15.6. The summed E-state index contributed by atoms with van der Waals surface area (Å²) in [5.74, 6) is 0.202. The van der Waals surface area contributed by atoms with Gasteiger partial charge in [0.1, 0.15) is 24.1 Å². The van der Waals surface area contributed by atoms with E-state index in [9.17, 15) is 18.9 Å². The fourth-order valence-electron chi connectivity index (χ4n) is 2.22. The van der Waals surface area contributed by atoms with Crippen LogP contribution in [0.1, 0.15) is 10.6 Å². The Morgan fingerprint density at radius 3 is 2.73 bits per heavy atom. The van der Waals surface area contributed by atoms with Crippen LogP contribution in [-0.2, 0) is 0 Å². The second kappa shape index (κ2) is 5.45. The molecular formula is C14H10F2N2O3S. The first-order chi connectivity index (χ1) is 10.6. The summed E-state index contributed by atoms with van der Waals surface area (Å²) in [6.07, 6.45) is 2.87. The lowest BCUT2D eigenvalue weighted by atomic mass is 9.93. The third-order valence-corrected chi connectivity index (χ3v) is 4.11. The van der Waals surface area contributed by atoms with Gasteiger partial charge in [0.15, 0.2) is 5.60 Å². The number of nitro groups is 1. The molecule has 114 valence electrons. The Morgan fingerprint density at radius 2 is 2.14 bits per heavy atom. The molecule has 1 aliphatic heterocycles. The molecule has 0 amide bonds. The summed E-state index contributed by atoms with van der Waals surface area (Å²) in [4.78, 5) is 14.5. The molecule has 1 aliphatic rings. The number of halogens is 2. The van der Waals surface area contributed by atoms with E-state index in [0.29, 0.717) is 16.1 Å². The van der Waals surface area contributed by atoms with Crippen LogP contribution in [0.15, 0.2) is 35.9 Å². The van der Waals surface area contributed by atoms with Crippen molar-refractivity contribution >= 4 is 22.6 Å². The van der Waals surface area contributed by atoms with Crippen LogP contribution >= 0.6 is 11.3 Å². The highest BCUT2D eigenvalue weighted by atomic mass is 32.1. The number of thiazole rings is 1. The number of hydrogen-bond acceptors (Lipinski definition) is 5. The summed E-state index contributed by atoms with van der Waals surface area (Å²) < 4.78 is 32.0. The van der Waals surface area contributed by atoms with E-state index >= 15 is 0 Å². The third kappa shape index (κ3) is 2.35. The van der Waals surface area contributed by atoms with Crippen molar-refractivity contribution in [3.8, 4) is 5.75 Å². The molecule has 0 aliphatic carbocycles. The van der Waals surface area contributed by atoms with Crippen LogP contribution in [0.2, 0.25) is 0 Å². The zero-order chi connectivity index (χ0) is 15.7. The monoisotopic (exact) mass is 324 g/mol. The highest BCUT2D eigenvalue weighted by Gasteiger charge is 2.37. The predicted molar refractivity (Wildman–Crippen MR) is 77.6 cm³/mol. The number of non-ortho nitro benzene ring substituents is 1. The first-order valence-electron chi connectivity index (χ1n) is 6.31. The Morgan fingerprint density at radius 1 is 1.36 bits per heavy atom. The number of nitrogens with zero attached hydrogens (tertiary/aromatic N) is 2. The zero-order valence-electron chi connectivity index (χ0n) is 11.2. The van der Waals surface area contributed by atoms with E-state index in [-0.39, 0.29) is 11.4 Å². The van der Waals surface area contributed by atoms with Gasteiger partial charge in [0.25, 0.3) is 5.69 Å². The van der Waals surface area contributed by atoms with Gasteiger partial charge < -0.3 is 4.74 Å². The summed E-state index contributed by atoms with van der Waals surface area (Å²) in [6.45, 7) is -2.09. The van der Waals surface area contributed by atoms with E-state index < -0.39 is 23.9 Å². The van der Waals surface area contributed by atoms with Crippen molar-refractivity contribution in [1.82, 2.24) is 4.98 Å². The number of rotatable bonds is 4. The highest BCUT2D eigenvalue weighted by Crippen LogP contribution is 2.42. The topological polar surface area (TPSA) is 65.3 Å². The SMILES string of the molecule is O=[N+]([O-])c1ccc2c(c1)C(c1nccs1)=CC(CF)(CF)O2. The van der Waals surface area contributed by atoms with Crippen LogP contribution in [0.3, 0.4) is 0 Å². The molecule has 0 radical (unpaired) electrons. The second-order valence-corrected chi connectivity index (χ2v) is 5.66. The molecular weight excluding hydrogens is 314 g/mol. The minimum Gasteiger partial charge on any atom is -0.477 e. The minimum atomic E-state index is -1.72. The average Bonchev–Trinajstić information content (AvgIpc) is 3.07. The van der Waals surface area contributed by atoms with E-state index in [1.54, 1.807) is 11.6 Å². The summed E-state index contributed by atoms with van der Waals surface area (Å²) in [7, 11) is 0. The highest BCUT2D eigenvalue weighted by molar-refractivity contribution is 7.10. The van der Waals surface area contributed by atoms with Gasteiger partial charge in [-0.2, -0.15) is 0 Å². The van der Waals surface area contributed by atoms with Crippen molar-refractivity contribution in [3.63, 3.8) is 0 Å². The standard InChI is InChI=1S/C14H10F2N2O3S/c15-7-14(8-16)6-11(13-17-3-4-22-13)10-5-9(18(19)20)1-2-12(10)21-14/h1-6H,7-8H2. The number of aromatic nitrogens is 1. The van der Waals surface area contributed by atoms with E-state index in [0.717, 1.165) is 0 Å². The summed E-state index contributed by atoms with van der Waals surface area (Å²) in [5, 5.41) is 13.2. The number of benzene rings is 1. The Kier molecular flexibility index (Phi) is 3.61. The molecule has 5 nitrogen and oxygen atoms in total. The van der Waals surface area contributed by atoms with Gasteiger partial charge in [0.2, 0.25) is 0 Å². The van der Waals surface area contributed by atoms with Crippen LogP contribution in [0, 0.1) is 10.1 Å². The maximum atomic E-state index is 13.3. The van der Waals surface area contributed by atoms with E-state index in [1.807, 2.05) is 0 Å². The van der Waals surface area contributed by atoms with Crippen molar-refractivity contribution in [1.29, 1.82) is 0 Å². The Balaban J connectivity index is 2.21. The molecule has 1 aromatic heterocycles. The molecule has 3 rings (SSSR count). The number of fused-ring (bicyclic) bond motifs is 1. The summed E-state index contributed by atoms with van der Waals surface area (Å²) >= 11 is 1.28. The lowest BCUT2D eigenvalue weighted by molar-refractivity contribution is -0.384. The fraction of sp³-hybridized carbons (Fsp3) is 0.214. The van der Waals surface area contributed by atoms with Crippen LogP contribution in [0.25, 0.3) is 5.57 Å². The first kappa shape index (κ1) is 14.6. The fourth-order valence-corrected chi connectivity index (χ4v) is 2.89. The molecule has 0 fully saturated rings. The zero-order valence-corrected chi connectivity index (χ0v) is 12.0. The van der Waals surface area contributed by atoms with E-state index in [2.05, 4.69) is 4.98 Å². The molecule has 0 bridgehead atoms. The van der Waals surface area contributed by atoms with Crippen LogP contribution in [0.5, 0.6) is 5.75 Å². The van der Waals surface area contributed by atoms with Gasteiger partial charge in [0, 0.05) is 34.8 Å². The van der Waals surface area contributed by atoms with Gasteiger partial charge in [-0.25, -0.2) is 13.8 Å². The van der Waals surface area contributed by atoms with Crippen molar-refractivity contribution < 1.29 is 18.4 Å². The molecule has 0 atom stereocenters. The maximum absolute atomic E-state index is 13.3. The van der Waals surface area contributed by atoms with Gasteiger partial charge in [-0.1, -0.05) is 0 Å². The Hall–Kier alpha value is -2.35. The van der Waals surface area contributed by atoms with Gasteiger partial charge in [0.05, 0.1) is 4.92 Å². The van der Waals surface area contributed by atoms with Crippen molar-refractivity contribution in [3.05, 3.63) is 56.5 Å². The number of hydrogen-bond donors (Lipinski definition) is 0. The van der Waals surface area contributed by atoms with E-state index in [1.165, 1.54) is 35.6 Å². The molecule has 22 heavy (non-hydrogen) atoms. The smallest absolute Gasteiger partial charge is 0.270 e. The lowest BCUT2D eigenvalue weighted by Crippen LogP contribution is -2.41. The van der Waals surface area contributed by atoms with Crippen molar-refractivity contribution in [2.24, 2.45) is 0 Å². The largest absolute Gasteiger partial charge is 0.477 e.